The predicted octanol–water partition coefficient (Wildman–Crippen LogP) is 0.580. The number of carbonyl (C=O) groups excluding carboxylic acids is 2. The molecule has 0 spiro atoms. The largest absolute Gasteiger partial charge is 0.301 e. The maximum atomic E-state index is 12.4. The van der Waals surface area contributed by atoms with Gasteiger partial charge in [-0.25, -0.2) is 0 Å². The first-order valence-corrected chi connectivity index (χ1v) is 7.22. The number of nitrogens with one attached hydrogen (secondary N) is 1. The van der Waals surface area contributed by atoms with Gasteiger partial charge in [0.2, 0.25) is 11.8 Å². The van der Waals surface area contributed by atoms with Crippen LogP contribution in [0.2, 0.25) is 0 Å². The number of aryl methyl sites for hydroxylation is 1. The van der Waals surface area contributed by atoms with Crippen LogP contribution in [0.25, 0.3) is 0 Å². The third-order valence-corrected chi connectivity index (χ3v) is 4.18. The Hall–Kier alpha value is -1.69. The van der Waals surface area contributed by atoms with Crippen molar-refractivity contribution in [3.8, 4) is 0 Å². The van der Waals surface area contributed by atoms with Gasteiger partial charge >= 0.3 is 0 Å². The first kappa shape index (κ1) is 13.3. The predicted molar refractivity (Wildman–Crippen MR) is 72.6 cm³/mol. The van der Waals surface area contributed by atoms with Gasteiger partial charge in [0.25, 0.3) is 0 Å². The van der Waals surface area contributed by atoms with E-state index < -0.39 is 0 Å². The zero-order valence-electron chi connectivity index (χ0n) is 11.7. The van der Waals surface area contributed by atoms with Crippen LogP contribution < -0.4 is 5.32 Å². The molecule has 1 atom stereocenters. The smallest absolute Gasteiger partial charge is 0.247 e. The number of aromatic nitrogens is 2. The molecule has 2 heterocycles. The number of hydrogen-bond acceptors (Lipinski definition) is 4. The summed E-state index contributed by atoms with van der Waals surface area (Å²) in [5.41, 5.74) is 1.02. The fraction of sp³-hybridized carbons (Fsp3) is 0.643. The summed E-state index contributed by atoms with van der Waals surface area (Å²) in [4.78, 5) is 25.9. The molecule has 6 nitrogen and oxygen atoms in total. The highest BCUT2D eigenvalue weighted by atomic mass is 16.2. The molecular weight excluding hydrogens is 256 g/mol. The van der Waals surface area contributed by atoms with E-state index in [0.717, 1.165) is 31.2 Å². The minimum Gasteiger partial charge on any atom is -0.301 e. The van der Waals surface area contributed by atoms with E-state index in [1.807, 2.05) is 13.2 Å². The van der Waals surface area contributed by atoms with Gasteiger partial charge in [-0.15, -0.1) is 0 Å². The Kier molecular flexibility index (Phi) is 3.56. The Morgan fingerprint density at radius 1 is 1.35 bits per heavy atom. The van der Waals surface area contributed by atoms with Crippen LogP contribution in [-0.4, -0.2) is 38.6 Å². The highest BCUT2D eigenvalue weighted by Crippen LogP contribution is 2.28. The highest BCUT2D eigenvalue weighted by Gasteiger charge is 2.42. The van der Waals surface area contributed by atoms with Crippen molar-refractivity contribution < 1.29 is 9.59 Å². The van der Waals surface area contributed by atoms with Crippen molar-refractivity contribution in [3.05, 3.63) is 18.0 Å². The summed E-state index contributed by atoms with van der Waals surface area (Å²) >= 11 is 0. The van der Waals surface area contributed by atoms with Crippen LogP contribution in [0.15, 0.2) is 12.4 Å². The normalized spacial score (nSPS) is 24.1. The van der Waals surface area contributed by atoms with Gasteiger partial charge in [-0.1, -0.05) is 12.8 Å². The summed E-state index contributed by atoms with van der Waals surface area (Å²) in [5.74, 6) is -0.0728. The van der Waals surface area contributed by atoms with Crippen LogP contribution in [0.3, 0.4) is 0 Å². The SMILES string of the molecule is Cn1cc(CNC2CC(=O)N(C3CCCC3)C2=O)cn1. The number of amides is 2. The van der Waals surface area contributed by atoms with Crippen molar-refractivity contribution in [2.45, 2.75) is 50.7 Å². The Morgan fingerprint density at radius 2 is 2.10 bits per heavy atom. The van der Waals surface area contributed by atoms with Crippen molar-refractivity contribution in [1.29, 1.82) is 0 Å². The van der Waals surface area contributed by atoms with E-state index in [1.54, 1.807) is 10.9 Å². The van der Waals surface area contributed by atoms with Crippen molar-refractivity contribution in [2.75, 3.05) is 0 Å². The first-order valence-electron chi connectivity index (χ1n) is 7.22. The molecule has 20 heavy (non-hydrogen) atoms. The van der Waals surface area contributed by atoms with Crippen molar-refractivity contribution in [2.24, 2.45) is 7.05 Å². The number of rotatable bonds is 4. The molecule has 3 rings (SSSR count). The maximum absolute atomic E-state index is 12.4. The van der Waals surface area contributed by atoms with Gasteiger partial charge in [0.1, 0.15) is 0 Å². The lowest BCUT2D eigenvalue weighted by Crippen LogP contribution is -2.42. The van der Waals surface area contributed by atoms with Crippen LogP contribution in [0.4, 0.5) is 0 Å². The maximum Gasteiger partial charge on any atom is 0.247 e. The quantitative estimate of drug-likeness (QED) is 0.817. The second-order valence-electron chi connectivity index (χ2n) is 5.70. The number of hydrogen-bond donors (Lipinski definition) is 1. The van der Waals surface area contributed by atoms with Gasteiger partial charge in [0.15, 0.2) is 0 Å². The van der Waals surface area contributed by atoms with E-state index >= 15 is 0 Å². The molecule has 1 unspecified atom stereocenters. The van der Waals surface area contributed by atoms with Gasteiger partial charge in [0.05, 0.1) is 18.7 Å². The summed E-state index contributed by atoms with van der Waals surface area (Å²) in [6.45, 7) is 0.566. The number of carbonyl (C=O) groups is 2. The molecule has 0 radical (unpaired) electrons. The fourth-order valence-corrected chi connectivity index (χ4v) is 3.16. The monoisotopic (exact) mass is 276 g/mol. The molecule has 2 aliphatic rings. The van der Waals surface area contributed by atoms with Crippen LogP contribution in [0.1, 0.15) is 37.7 Å². The summed E-state index contributed by atoms with van der Waals surface area (Å²) < 4.78 is 1.73. The molecule has 0 bridgehead atoms. The lowest BCUT2D eigenvalue weighted by atomic mass is 10.2. The molecule has 1 aliphatic carbocycles. The van der Waals surface area contributed by atoms with E-state index in [2.05, 4.69) is 10.4 Å². The van der Waals surface area contributed by atoms with Crippen LogP contribution >= 0.6 is 0 Å². The molecule has 108 valence electrons. The third kappa shape index (κ3) is 2.47. The fourth-order valence-electron chi connectivity index (χ4n) is 3.16. The van der Waals surface area contributed by atoms with Gasteiger partial charge in [-0.3, -0.25) is 19.2 Å². The zero-order valence-corrected chi connectivity index (χ0v) is 11.7. The second-order valence-corrected chi connectivity index (χ2v) is 5.70. The molecule has 2 amide bonds. The number of likely N-dealkylation sites (tertiary alicyclic amines) is 1. The van der Waals surface area contributed by atoms with Gasteiger partial charge in [-0.2, -0.15) is 5.10 Å². The van der Waals surface area contributed by atoms with Crippen LogP contribution in [0, 0.1) is 0 Å². The summed E-state index contributed by atoms with van der Waals surface area (Å²) in [7, 11) is 1.86. The highest BCUT2D eigenvalue weighted by molar-refractivity contribution is 6.05. The van der Waals surface area contributed by atoms with Crippen molar-refractivity contribution in [1.82, 2.24) is 20.0 Å². The molecule has 1 aliphatic heterocycles. The Balaban J connectivity index is 1.60. The van der Waals surface area contributed by atoms with E-state index in [0.29, 0.717) is 6.54 Å². The average Bonchev–Trinajstić information content (AvgIpc) is 3.10. The molecule has 1 saturated heterocycles. The first-order chi connectivity index (χ1) is 9.65. The van der Waals surface area contributed by atoms with Gasteiger partial charge in [0, 0.05) is 31.4 Å². The van der Waals surface area contributed by atoms with Gasteiger partial charge < -0.3 is 5.32 Å². The average molecular weight is 276 g/mol. The Morgan fingerprint density at radius 3 is 2.75 bits per heavy atom. The van der Waals surface area contributed by atoms with Crippen molar-refractivity contribution in [3.63, 3.8) is 0 Å². The molecular formula is C14H20N4O2. The summed E-state index contributed by atoms with van der Waals surface area (Å²) in [6, 6.07) is -0.233. The molecule has 1 aromatic heterocycles. The third-order valence-electron chi connectivity index (χ3n) is 4.18. The Bertz CT molecular complexity index is 519. The second kappa shape index (κ2) is 5.36. The molecule has 1 aromatic rings. The summed E-state index contributed by atoms with van der Waals surface area (Å²) in [6.07, 6.45) is 8.13. The van der Waals surface area contributed by atoms with E-state index in [1.165, 1.54) is 4.90 Å². The minimum absolute atomic E-state index is 0.0226. The minimum atomic E-state index is -0.372. The Labute approximate surface area is 118 Å². The number of nitrogens with zero attached hydrogens (tertiary/aromatic N) is 3. The van der Waals surface area contributed by atoms with E-state index in [9.17, 15) is 9.59 Å². The lowest BCUT2D eigenvalue weighted by molar-refractivity contribution is -0.141. The van der Waals surface area contributed by atoms with E-state index in [4.69, 9.17) is 0 Å². The number of imide groups is 1. The molecule has 2 fully saturated rings. The van der Waals surface area contributed by atoms with Crippen LogP contribution in [0.5, 0.6) is 0 Å². The topological polar surface area (TPSA) is 67.2 Å². The lowest BCUT2D eigenvalue weighted by Gasteiger charge is -2.22. The molecule has 1 saturated carbocycles. The van der Waals surface area contributed by atoms with Gasteiger partial charge in [-0.05, 0) is 12.8 Å². The molecule has 0 aromatic carbocycles. The standard InChI is InChI=1S/C14H20N4O2/c1-17-9-10(8-16-17)7-15-12-6-13(19)18(14(12)20)11-4-2-3-5-11/h8-9,11-12,15H,2-7H2,1H3. The molecule has 1 N–H and O–H groups in total. The molecule has 6 heteroatoms. The van der Waals surface area contributed by atoms with E-state index in [-0.39, 0.29) is 30.3 Å². The summed E-state index contributed by atoms with van der Waals surface area (Å²) in [5, 5.41) is 7.27. The van der Waals surface area contributed by atoms with Crippen LogP contribution in [-0.2, 0) is 23.2 Å². The zero-order chi connectivity index (χ0) is 14.1. The van der Waals surface area contributed by atoms with Crippen molar-refractivity contribution >= 4 is 11.8 Å².